The zero-order valence-electron chi connectivity index (χ0n) is 25.5. The Labute approximate surface area is 273 Å². The van der Waals surface area contributed by atoms with Crippen LogP contribution in [0.4, 0.5) is 0 Å². The fourth-order valence-corrected chi connectivity index (χ4v) is 28.6. The number of allylic oxidation sites excluding steroid dienone is 4. The molecule has 2 aliphatic rings. The number of fused-ring (bicyclic) bond motifs is 3. The average Bonchev–Trinajstić information content (AvgIpc) is 3.58. The van der Waals surface area contributed by atoms with Crippen molar-refractivity contribution in [1.29, 1.82) is 0 Å². The summed E-state index contributed by atoms with van der Waals surface area (Å²) in [5.41, 5.74) is 8.30. The number of rotatable bonds is 4. The van der Waals surface area contributed by atoms with Gasteiger partial charge in [-0.25, -0.2) is 0 Å². The molecular weight excluding hydrogens is 647 g/mol. The minimum atomic E-state index is -2.43. The molecule has 0 nitrogen and oxygen atoms in total. The molecule has 0 radical (unpaired) electrons. The molecule has 214 valence electrons. The molecule has 0 spiro atoms. The molecule has 4 aromatic rings. The number of benzene rings is 4. The first-order chi connectivity index (χ1) is 19.1. The standard InChI is InChI=1S/C21H25.C12H10Si.C5H5.2ClH.Zr/c1-20(2,3)16-9-7-14-11-15-8-10-17(21(4,5)6)13-19(15)18(14)12-16;1-3-7-11(8-4-1)13-12-9-5-2-6-10-12;1-2-4-5-3-1;;;/h7-13H,1-6H3;1-10H;1-3H,4H2;2*1H;/q;;;;;+2/p-2. The Morgan fingerprint density at radius 3 is 1.45 bits per heavy atom. The van der Waals surface area contributed by atoms with Crippen LogP contribution in [-0.4, -0.2) is 5.43 Å². The fourth-order valence-electron chi connectivity index (χ4n) is 6.32. The van der Waals surface area contributed by atoms with E-state index in [2.05, 4.69) is 157 Å². The molecule has 0 atom stereocenters. The van der Waals surface area contributed by atoms with E-state index in [0.717, 1.165) is 6.42 Å². The largest absolute Gasteiger partial charge is 1.00 e. The van der Waals surface area contributed by atoms with Crippen molar-refractivity contribution in [2.75, 3.05) is 0 Å². The number of hydrogen-bond acceptors (Lipinski definition) is 0. The van der Waals surface area contributed by atoms with Crippen molar-refractivity contribution in [1.82, 2.24) is 0 Å². The fraction of sp³-hybridized carbons (Fsp3) is 0.263. The van der Waals surface area contributed by atoms with Gasteiger partial charge in [0.05, 0.1) is 0 Å². The van der Waals surface area contributed by atoms with Gasteiger partial charge in [-0.1, -0.05) is 0 Å². The van der Waals surface area contributed by atoms with E-state index in [0.29, 0.717) is 3.63 Å². The van der Waals surface area contributed by atoms with Crippen LogP contribution in [-0.2, 0) is 31.2 Å². The van der Waals surface area contributed by atoms with Crippen molar-refractivity contribution in [2.45, 2.75) is 62.4 Å². The van der Waals surface area contributed by atoms with E-state index in [1.165, 1.54) is 22.3 Å². The van der Waals surface area contributed by atoms with E-state index < -0.39 is 25.8 Å². The summed E-state index contributed by atoms with van der Waals surface area (Å²) in [5.74, 6) is 0. The summed E-state index contributed by atoms with van der Waals surface area (Å²) >= 11 is -2.43. The molecule has 0 amide bonds. The van der Waals surface area contributed by atoms with Gasteiger partial charge in [0, 0.05) is 0 Å². The van der Waals surface area contributed by atoms with Crippen LogP contribution >= 0.6 is 0 Å². The summed E-state index contributed by atoms with van der Waals surface area (Å²) in [4.78, 5) is 0. The van der Waals surface area contributed by atoms with Crippen LogP contribution < -0.4 is 35.2 Å². The molecule has 0 fully saturated rings. The number of halogens is 2. The van der Waals surface area contributed by atoms with Crippen LogP contribution in [0.25, 0.3) is 11.1 Å². The van der Waals surface area contributed by atoms with Gasteiger partial charge in [0.15, 0.2) is 0 Å². The Kier molecular flexibility index (Phi) is 10.2. The molecule has 0 N–H and O–H groups in total. The van der Waals surface area contributed by atoms with E-state index in [9.17, 15) is 0 Å². The molecule has 0 saturated heterocycles. The van der Waals surface area contributed by atoms with Gasteiger partial charge in [0.2, 0.25) is 0 Å². The molecule has 0 bridgehead atoms. The van der Waals surface area contributed by atoms with Gasteiger partial charge < -0.3 is 24.8 Å². The summed E-state index contributed by atoms with van der Waals surface area (Å²) in [7, 11) is 0. The second kappa shape index (κ2) is 13.0. The Hall–Kier alpha value is -1.96. The maximum atomic E-state index is 2.54. The Bertz CT molecular complexity index is 1570. The van der Waals surface area contributed by atoms with Crippen LogP contribution in [0.15, 0.2) is 119 Å². The third kappa shape index (κ3) is 6.30. The maximum Gasteiger partial charge on any atom is -1.00 e. The van der Waals surface area contributed by atoms with Crippen molar-refractivity contribution < 1.29 is 45.2 Å². The van der Waals surface area contributed by atoms with E-state index in [1.54, 1.807) is 24.8 Å². The van der Waals surface area contributed by atoms with Gasteiger partial charge in [-0.2, -0.15) is 0 Å². The molecule has 0 unspecified atom stereocenters. The molecule has 4 heteroatoms. The minimum absolute atomic E-state index is 0. The third-order valence-electron chi connectivity index (χ3n) is 8.55. The quantitative estimate of drug-likeness (QED) is 0.290. The van der Waals surface area contributed by atoms with Crippen molar-refractivity contribution >= 4 is 15.8 Å². The molecule has 0 aromatic heterocycles. The molecular formula is C38H40Cl2SiZr. The second-order valence-electron chi connectivity index (χ2n) is 13.4. The SMILES string of the molecule is CC(C)(C)c1ccc2c(c1)-c1cc(C(C)(C)C)ccc1[CH]2[Zr+2]([C]1=CC=CC1)=[Si](c1ccccc1)c1ccccc1.[Cl-].[Cl-]. The number of hydrogen-bond donors (Lipinski definition) is 0. The van der Waals surface area contributed by atoms with Gasteiger partial charge in [0.1, 0.15) is 0 Å². The normalized spacial score (nSPS) is 13.7. The van der Waals surface area contributed by atoms with E-state index >= 15 is 0 Å². The monoisotopic (exact) mass is 684 g/mol. The Morgan fingerprint density at radius 2 is 1.07 bits per heavy atom. The van der Waals surface area contributed by atoms with Crippen molar-refractivity contribution in [3.05, 3.63) is 141 Å². The van der Waals surface area contributed by atoms with Gasteiger partial charge in [-0.15, -0.1) is 0 Å². The van der Waals surface area contributed by atoms with Crippen molar-refractivity contribution in [3.8, 4) is 11.1 Å². The summed E-state index contributed by atoms with van der Waals surface area (Å²) in [5, 5.41) is 3.15. The van der Waals surface area contributed by atoms with Gasteiger partial charge in [0.25, 0.3) is 0 Å². The molecule has 0 heterocycles. The van der Waals surface area contributed by atoms with Gasteiger partial charge >= 0.3 is 251 Å². The van der Waals surface area contributed by atoms with E-state index in [4.69, 9.17) is 0 Å². The predicted octanol–water partition coefficient (Wildman–Crippen LogP) is 2.63. The molecule has 0 saturated carbocycles. The van der Waals surface area contributed by atoms with Crippen LogP contribution in [0.1, 0.15) is 73.8 Å². The topological polar surface area (TPSA) is 0 Å². The third-order valence-corrected chi connectivity index (χ3v) is 28.3. The van der Waals surface area contributed by atoms with E-state index in [-0.39, 0.29) is 35.6 Å². The zero-order chi connectivity index (χ0) is 28.1. The van der Waals surface area contributed by atoms with Crippen molar-refractivity contribution in [3.63, 3.8) is 0 Å². The smallest absolute Gasteiger partial charge is 1.00 e. The van der Waals surface area contributed by atoms with Crippen molar-refractivity contribution in [2.24, 2.45) is 0 Å². The average molecular weight is 687 g/mol. The van der Waals surface area contributed by atoms with Gasteiger partial charge in [-0.05, 0) is 0 Å². The van der Waals surface area contributed by atoms with Crippen LogP contribution in [0.5, 0.6) is 0 Å². The Balaban J connectivity index is 0.00000202. The summed E-state index contributed by atoms with van der Waals surface area (Å²) in [6, 6.07) is 38.1. The summed E-state index contributed by atoms with van der Waals surface area (Å²) in [6.07, 6.45) is 8.36. The molecule has 2 aliphatic carbocycles. The zero-order valence-corrected chi connectivity index (χ0v) is 30.5. The van der Waals surface area contributed by atoms with Crippen LogP contribution in [0, 0.1) is 0 Å². The molecule has 6 rings (SSSR count). The van der Waals surface area contributed by atoms with Crippen LogP contribution in [0.2, 0.25) is 0 Å². The second-order valence-corrected chi connectivity index (χ2v) is 27.2. The first kappa shape index (κ1) is 32.9. The first-order valence-electron chi connectivity index (χ1n) is 14.6. The molecule has 0 aliphatic heterocycles. The van der Waals surface area contributed by atoms with Gasteiger partial charge in [-0.3, -0.25) is 0 Å². The predicted molar refractivity (Wildman–Crippen MR) is 171 cm³/mol. The Morgan fingerprint density at radius 1 is 0.619 bits per heavy atom. The maximum absolute atomic E-state index is 2.54. The molecule has 42 heavy (non-hydrogen) atoms. The van der Waals surface area contributed by atoms with Crippen LogP contribution in [0.3, 0.4) is 0 Å². The first-order valence-corrected chi connectivity index (χ1v) is 22.5. The van der Waals surface area contributed by atoms with E-state index in [1.807, 2.05) is 0 Å². The summed E-state index contributed by atoms with van der Waals surface area (Å²) < 4.78 is 2.29. The summed E-state index contributed by atoms with van der Waals surface area (Å²) in [6.45, 7) is 14.1. The minimum Gasteiger partial charge on any atom is -1.00 e. The molecule has 4 aromatic carbocycles.